The third-order valence-electron chi connectivity index (χ3n) is 3.30. The van der Waals surface area contributed by atoms with Crippen LogP contribution in [0.15, 0.2) is 6.07 Å². The van der Waals surface area contributed by atoms with E-state index < -0.39 is 0 Å². The Morgan fingerprint density at radius 2 is 2.00 bits per heavy atom. The average Bonchev–Trinajstić information content (AvgIpc) is 2.37. The molecule has 1 aromatic carbocycles. The zero-order valence-corrected chi connectivity index (χ0v) is 11.7. The van der Waals surface area contributed by atoms with Crippen molar-refractivity contribution in [2.24, 2.45) is 0 Å². The van der Waals surface area contributed by atoms with Gasteiger partial charge in [0, 0.05) is 29.8 Å². The number of hydrogen-bond donors (Lipinski definition) is 1. The summed E-state index contributed by atoms with van der Waals surface area (Å²) < 4.78 is 11.2. The van der Waals surface area contributed by atoms with Crippen molar-refractivity contribution in [2.75, 3.05) is 34.9 Å². The third kappa shape index (κ3) is 2.44. The molecule has 0 bridgehead atoms. The molecule has 0 atom stereocenters. The molecule has 0 unspecified atom stereocenters. The standard InChI is InChI=1S/C14H22N2O2/c1-16(2)9-10-7-13(17-3)12-8-15-6-5-11(12)14(10)18-4/h7,15H,5-6,8-9H2,1-4H3. The highest BCUT2D eigenvalue weighted by Gasteiger charge is 2.21. The molecular formula is C14H22N2O2. The van der Waals surface area contributed by atoms with Crippen LogP contribution in [0.25, 0.3) is 0 Å². The first-order valence-electron chi connectivity index (χ1n) is 6.28. The minimum atomic E-state index is 0.858. The Labute approximate surface area is 109 Å². The molecule has 0 aliphatic carbocycles. The molecule has 0 saturated carbocycles. The van der Waals surface area contributed by atoms with Crippen molar-refractivity contribution in [2.45, 2.75) is 19.5 Å². The summed E-state index contributed by atoms with van der Waals surface area (Å²) in [7, 11) is 7.61. The molecule has 0 radical (unpaired) electrons. The molecule has 4 nitrogen and oxygen atoms in total. The van der Waals surface area contributed by atoms with Crippen molar-refractivity contribution in [1.82, 2.24) is 10.2 Å². The van der Waals surface area contributed by atoms with Crippen molar-refractivity contribution in [3.05, 3.63) is 22.8 Å². The fourth-order valence-electron chi connectivity index (χ4n) is 2.57. The monoisotopic (exact) mass is 250 g/mol. The van der Waals surface area contributed by atoms with Gasteiger partial charge < -0.3 is 19.7 Å². The number of nitrogens with one attached hydrogen (secondary N) is 1. The maximum Gasteiger partial charge on any atom is 0.127 e. The zero-order chi connectivity index (χ0) is 13.1. The van der Waals surface area contributed by atoms with E-state index >= 15 is 0 Å². The van der Waals surface area contributed by atoms with Crippen LogP contribution >= 0.6 is 0 Å². The van der Waals surface area contributed by atoms with Gasteiger partial charge in [-0.25, -0.2) is 0 Å². The quantitative estimate of drug-likeness (QED) is 0.876. The number of methoxy groups -OCH3 is 2. The van der Waals surface area contributed by atoms with Crippen LogP contribution in [-0.2, 0) is 19.5 Å². The van der Waals surface area contributed by atoms with Gasteiger partial charge in [0.05, 0.1) is 14.2 Å². The van der Waals surface area contributed by atoms with E-state index in [1.54, 1.807) is 14.2 Å². The molecule has 0 amide bonds. The number of fused-ring (bicyclic) bond motifs is 1. The summed E-state index contributed by atoms with van der Waals surface area (Å²) in [5.41, 5.74) is 3.73. The highest BCUT2D eigenvalue weighted by atomic mass is 16.5. The van der Waals surface area contributed by atoms with Gasteiger partial charge >= 0.3 is 0 Å². The summed E-state index contributed by atoms with van der Waals surface area (Å²) in [5, 5.41) is 3.38. The van der Waals surface area contributed by atoms with Crippen LogP contribution in [0.5, 0.6) is 11.5 Å². The highest BCUT2D eigenvalue weighted by Crippen LogP contribution is 2.36. The molecule has 4 heteroatoms. The van der Waals surface area contributed by atoms with E-state index in [1.807, 2.05) is 0 Å². The highest BCUT2D eigenvalue weighted by molar-refractivity contribution is 5.54. The summed E-state index contributed by atoms with van der Waals surface area (Å²) >= 11 is 0. The molecule has 1 aromatic rings. The van der Waals surface area contributed by atoms with Gasteiger partial charge in [0.1, 0.15) is 11.5 Å². The SMILES string of the molecule is COc1cc(CN(C)C)c(OC)c2c1CNCC2. The minimum absolute atomic E-state index is 0.858. The Balaban J connectivity index is 2.53. The number of nitrogens with zero attached hydrogens (tertiary/aromatic N) is 1. The van der Waals surface area contributed by atoms with Crippen molar-refractivity contribution < 1.29 is 9.47 Å². The Bertz CT molecular complexity index is 430. The molecule has 1 aliphatic rings. The van der Waals surface area contributed by atoms with E-state index in [9.17, 15) is 0 Å². The largest absolute Gasteiger partial charge is 0.496 e. The van der Waals surface area contributed by atoms with Crippen LogP contribution < -0.4 is 14.8 Å². The first-order valence-corrected chi connectivity index (χ1v) is 6.28. The number of hydrogen-bond acceptors (Lipinski definition) is 4. The van der Waals surface area contributed by atoms with E-state index in [0.29, 0.717) is 0 Å². The Morgan fingerprint density at radius 1 is 1.22 bits per heavy atom. The molecule has 0 fully saturated rings. The van der Waals surface area contributed by atoms with Gasteiger partial charge in [-0.2, -0.15) is 0 Å². The first kappa shape index (κ1) is 13.2. The van der Waals surface area contributed by atoms with Crippen molar-refractivity contribution in [1.29, 1.82) is 0 Å². The second-order valence-corrected chi connectivity index (χ2v) is 4.89. The van der Waals surface area contributed by atoms with E-state index in [4.69, 9.17) is 9.47 Å². The molecule has 1 heterocycles. The maximum atomic E-state index is 5.63. The first-order chi connectivity index (χ1) is 8.67. The maximum absolute atomic E-state index is 5.63. The van der Waals surface area contributed by atoms with E-state index in [0.717, 1.165) is 37.6 Å². The second kappa shape index (κ2) is 5.59. The topological polar surface area (TPSA) is 33.7 Å². The summed E-state index contributed by atoms with van der Waals surface area (Å²) in [5.74, 6) is 2.00. The van der Waals surface area contributed by atoms with Crippen LogP contribution in [0.1, 0.15) is 16.7 Å². The van der Waals surface area contributed by atoms with Crippen LogP contribution in [0.3, 0.4) is 0 Å². The average molecular weight is 250 g/mol. The van der Waals surface area contributed by atoms with Crippen LogP contribution in [0.4, 0.5) is 0 Å². The van der Waals surface area contributed by atoms with Gasteiger partial charge in [0.25, 0.3) is 0 Å². The molecule has 1 aliphatic heterocycles. The lowest BCUT2D eigenvalue weighted by Crippen LogP contribution is -2.25. The number of rotatable bonds is 4. The second-order valence-electron chi connectivity index (χ2n) is 4.89. The molecule has 18 heavy (non-hydrogen) atoms. The van der Waals surface area contributed by atoms with E-state index in [1.165, 1.54) is 16.7 Å². The van der Waals surface area contributed by atoms with Gasteiger partial charge in [0.2, 0.25) is 0 Å². The molecule has 0 aromatic heterocycles. The predicted molar refractivity (Wildman–Crippen MR) is 72.3 cm³/mol. The molecule has 2 rings (SSSR count). The summed E-state index contributed by atoms with van der Waals surface area (Å²) in [6, 6.07) is 2.10. The molecule has 0 spiro atoms. The Hall–Kier alpha value is -1.26. The van der Waals surface area contributed by atoms with E-state index in [-0.39, 0.29) is 0 Å². The zero-order valence-electron chi connectivity index (χ0n) is 11.7. The summed E-state index contributed by atoms with van der Waals surface area (Å²) in [6.45, 7) is 2.72. The van der Waals surface area contributed by atoms with Crippen molar-refractivity contribution in [3.8, 4) is 11.5 Å². The smallest absolute Gasteiger partial charge is 0.127 e. The van der Waals surface area contributed by atoms with E-state index in [2.05, 4.69) is 30.4 Å². The summed E-state index contributed by atoms with van der Waals surface area (Å²) in [4.78, 5) is 2.14. The summed E-state index contributed by atoms with van der Waals surface area (Å²) in [6.07, 6.45) is 0.996. The van der Waals surface area contributed by atoms with Crippen molar-refractivity contribution >= 4 is 0 Å². The Kier molecular flexibility index (Phi) is 4.09. The van der Waals surface area contributed by atoms with Crippen molar-refractivity contribution in [3.63, 3.8) is 0 Å². The third-order valence-corrected chi connectivity index (χ3v) is 3.30. The van der Waals surface area contributed by atoms with Gasteiger partial charge in [0.15, 0.2) is 0 Å². The Morgan fingerprint density at radius 3 is 2.61 bits per heavy atom. The molecular weight excluding hydrogens is 228 g/mol. The van der Waals surface area contributed by atoms with Crippen LogP contribution in [0, 0.1) is 0 Å². The van der Waals surface area contributed by atoms with Gasteiger partial charge in [-0.15, -0.1) is 0 Å². The number of ether oxygens (including phenoxy) is 2. The molecule has 100 valence electrons. The molecule has 1 N–H and O–H groups in total. The normalized spacial score (nSPS) is 14.5. The van der Waals surface area contributed by atoms with Gasteiger partial charge in [-0.05, 0) is 33.1 Å². The minimum Gasteiger partial charge on any atom is -0.496 e. The van der Waals surface area contributed by atoms with Gasteiger partial charge in [-0.1, -0.05) is 0 Å². The fourth-order valence-corrected chi connectivity index (χ4v) is 2.57. The lowest BCUT2D eigenvalue weighted by molar-refractivity contribution is 0.359. The lowest BCUT2D eigenvalue weighted by Gasteiger charge is -2.25. The fraction of sp³-hybridized carbons (Fsp3) is 0.571. The van der Waals surface area contributed by atoms with Crippen LogP contribution in [0.2, 0.25) is 0 Å². The number of benzene rings is 1. The lowest BCUT2D eigenvalue weighted by atomic mass is 9.95. The van der Waals surface area contributed by atoms with Gasteiger partial charge in [-0.3, -0.25) is 0 Å². The molecule has 0 saturated heterocycles. The van der Waals surface area contributed by atoms with Crippen LogP contribution in [-0.4, -0.2) is 39.8 Å². The predicted octanol–water partition coefficient (Wildman–Crippen LogP) is 1.41.